The van der Waals surface area contributed by atoms with Crippen LogP contribution in [0.15, 0.2) is 76.3 Å². The number of hydrogen-bond donors (Lipinski definition) is 2. The summed E-state index contributed by atoms with van der Waals surface area (Å²) in [4.78, 5) is 36.5. The van der Waals surface area contributed by atoms with E-state index in [9.17, 15) is 14.4 Å². The molecule has 0 aromatic heterocycles. The minimum atomic E-state index is -1.01. The number of nitrogens with one attached hydrogen (secondary N) is 2. The summed E-state index contributed by atoms with van der Waals surface area (Å²) in [5, 5.41) is 6.69. The lowest BCUT2D eigenvalue weighted by Gasteiger charge is -2.09. The molecule has 0 aliphatic heterocycles. The zero-order chi connectivity index (χ0) is 23.1. The van der Waals surface area contributed by atoms with Gasteiger partial charge in [0.2, 0.25) is 0 Å². The minimum absolute atomic E-state index is 0.177. The summed E-state index contributed by atoms with van der Waals surface area (Å²) in [6.07, 6.45) is 1.24. The third-order valence-electron chi connectivity index (χ3n) is 3.97. The first kappa shape index (κ1) is 23.5. The molecule has 3 rings (SSSR count). The first-order valence-electron chi connectivity index (χ1n) is 9.00. The van der Waals surface area contributed by atoms with Crippen LogP contribution in [0.1, 0.15) is 15.9 Å². The van der Waals surface area contributed by atoms with Gasteiger partial charge in [0.25, 0.3) is 0 Å². The van der Waals surface area contributed by atoms with E-state index in [0.717, 1.165) is 0 Å². The van der Waals surface area contributed by atoms with Gasteiger partial charge in [0, 0.05) is 10.0 Å². The van der Waals surface area contributed by atoms with Crippen molar-refractivity contribution in [3.63, 3.8) is 0 Å². The predicted molar refractivity (Wildman–Crippen MR) is 126 cm³/mol. The number of hydrazone groups is 1. The fourth-order valence-corrected chi connectivity index (χ4v) is 3.22. The molecule has 10 heteroatoms. The number of hydrogen-bond acceptors (Lipinski definition) is 5. The van der Waals surface area contributed by atoms with Crippen molar-refractivity contribution in [2.75, 3.05) is 5.32 Å². The molecule has 0 heterocycles. The van der Waals surface area contributed by atoms with Crippen molar-refractivity contribution in [1.82, 2.24) is 5.43 Å². The van der Waals surface area contributed by atoms with E-state index in [-0.39, 0.29) is 21.4 Å². The Hall–Kier alpha value is -3.20. The summed E-state index contributed by atoms with van der Waals surface area (Å²) in [6.45, 7) is 0. The number of para-hydroxylation sites is 1. The van der Waals surface area contributed by atoms with E-state index in [4.69, 9.17) is 27.9 Å². The molecule has 0 aliphatic carbocycles. The molecule has 0 saturated carbocycles. The fraction of sp³-hybridized carbons (Fsp3) is 0. The van der Waals surface area contributed by atoms with Crippen LogP contribution in [0.25, 0.3) is 0 Å². The molecular formula is C22H14BrCl2N3O4. The smallest absolute Gasteiger partial charge is 0.345 e. The molecule has 3 aromatic carbocycles. The van der Waals surface area contributed by atoms with Crippen LogP contribution in [0, 0.1) is 0 Å². The summed E-state index contributed by atoms with van der Waals surface area (Å²) in [7, 11) is 0. The van der Waals surface area contributed by atoms with Crippen LogP contribution in [0.5, 0.6) is 5.75 Å². The SMILES string of the molecule is O=C(N/N=C/c1cc(Br)ccc1OC(=O)c1ccccc1Cl)C(=O)Nc1ccccc1Cl. The van der Waals surface area contributed by atoms with Gasteiger partial charge in [0.1, 0.15) is 5.75 Å². The highest BCUT2D eigenvalue weighted by Gasteiger charge is 2.16. The number of esters is 1. The lowest BCUT2D eigenvalue weighted by atomic mass is 10.2. The van der Waals surface area contributed by atoms with Crippen LogP contribution < -0.4 is 15.5 Å². The zero-order valence-electron chi connectivity index (χ0n) is 16.1. The van der Waals surface area contributed by atoms with E-state index in [1.54, 1.807) is 60.7 Å². The summed E-state index contributed by atoms with van der Waals surface area (Å²) in [5.41, 5.74) is 2.97. The van der Waals surface area contributed by atoms with Gasteiger partial charge in [-0.2, -0.15) is 5.10 Å². The summed E-state index contributed by atoms with van der Waals surface area (Å²) in [5.74, 6) is -2.44. The van der Waals surface area contributed by atoms with Gasteiger partial charge >= 0.3 is 17.8 Å². The Morgan fingerprint density at radius 3 is 2.31 bits per heavy atom. The Balaban J connectivity index is 1.69. The Bertz CT molecular complexity index is 1220. The van der Waals surface area contributed by atoms with Gasteiger partial charge in [-0.3, -0.25) is 9.59 Å². The summed E-state index contributed by atoms with van der Waals surface area (Å²) >= 11 is 15.3. The number of carbonyl (C=O) groups excluding carboxylic acids is 3. The van der Waals surface area contributed by atoms with Gasteiger partial charge in [0.05, 0.1) is 27.5 Å². The Morgan fingerprint density at radius 2 is 1.59 bits per heavy atom. The Kier molecular flexibility index (Phi) is 7.99. The largest absolute Gasteiger partial charge is 0.422 e. The van der Waals surface area contributed by atoms with Crippen molar-refractivity contribution < 1.29 is 19.1 Å². The number of nitrogens with zero attached hydrogens (tertiary/aromatic N) is 1. The molecular weight excluding hydrogens is 521 g/mol. The van der Waals surface area contributed by atoms with Gasteiger partial charge in [-0.15, -0.1) is 0 Å². The Morgan fingerprint density at radius 1 is 0.906 bits per heavy atom. The normalized spacial score (nSPS) is 10.6. The Labute approximate surface area is 201 Å². The monoisotopic (exact) mass is 533 g/mol. The van der Waals surface area contributed by atoms with Gasteiger partial charge < -0.3 is 10.1 Å². The second kappa shape index (κ2) is 10.9. The number of amides is 2. The van der Waals surface area contributed by atoms with Crippen molar-refractivity contribution in [3.05, 3.63) is 92.4 Å². The maximum Gasteiger partial charge on any atom is 0.345 e. The van der Waals surface area contributed by atoms with E-state index < -0.39 is 17.8 Å². The van der Waals surface area contributed by atoms with E-state index in [1.807, 2.05) is 0 Å². The van der Waals surface area contributed by atoms with Crippen molar-refractivity contribution in [1.29, 1.82) is 0 Å². The van der Waals surface area contributed by atoms with Gasteiger partial charge in [-0.05, 0) is 42.5 Å². The number of rotatable bonds is 5. The predicted octanol–water partition coefficient (Wildman–Crippen LogP) is 5.06. The van der Waals surface area contributed by atoms with E-state index in [1.165, 1.54) is 12.3 Å². The quantitative estimate of drug-likeness (QED) is 0.157. The molecule has 3 aromatic rings. The molecule has 0 unspecified atom stereocenters. The highest BCUT2D eigenvalue weighted by Crippen LogP contribution is 2.24. The third-order valence-corrected chi connectivity index (χ3v) is 5.12. The number of benzene rings is 3. The molecule has 0 bridgehead atoms. The molecule has 2 N–H and O–H groups in total. The first-order chi connectivity index (χ1) is 15.3. The maximum atomic E-state index is 12.4. The average Bonchev–Trinajstić information content (AvgIpc) is 2.77. The minimum Gasteiger partial charge on any atom is -0.422 e. The molecule has 0 atom stereocenters. The standard InChI is InChI=1S/C22H14BrCl2N3O4/c23-14-9-10-19(32-22(31)15-5-1-2-6-16(15)24)13(11-14)12-26-28-21(30)20(29)27-18-8-4-3-7-17(18)25/h1-12H,(H,27,29)(H,28,30)/b26-12+. The highest BCUT2D eigenvalue weighted by molar-refractivity contribution is 9.10. The molecule has 0 aliphatic rings. The first-order valence-corrected chi connectivity index (χ1v) is 10.5. The fourth-order valence-electron chi connectivity index (χ4n) is 2.45. The van der Waals surface area contributed by atoms with Crippen LogP contribution in [0.4, 0.5) is 5.69 Å². The third kappa shape index (κ3) is 6.16. The molecule has 0 saturated heterocycles. The number of halogens is 3. The summed E-state index contributed by atoms with van der Waals surface area (Å²) in [6, 6.07) is 17.8. The zero-order valence-corrected chi connectivity index (χ0v) is 19.2. The van der Waals surface area contributed by atoms with Crippen molar-refractivity contribution in [3.8, 4) is 5.75 Å². The van der Waals surface area contributed by atoms with Crippen LogP contribution in [-0.4, -0.2) is 24.0 Å². The second-order valence-electron chi connectivity index (χ2n) is 6.18. The topological polar surface area (TPSA) is 96.9 Å². The second-order valence-corrected chi connectivity index (χ2v) is 7.91. The van der Waals surface area contributed by atoms with Crippen LogP contribution in [0.3, 0.4) is 0 Å². The molecule has 2 amide bonds. The number of carbonyl (C=O) groups is 3. The van der Waals surface area contributed by atoms with E-state index >= 15 is 0 Å². The molecule has 32 heavy (non-hydrogen) atoms. The highest BCUT2D eigenvalue weighted by atomic mass is 79.9. The average molecular weight is 535 g/mol. The molecule has 7 nitrogen and oxygen atoms in total. The van der Waals surface area contributed by atoms with Crippen molar-refractivity contribution in [2.45, 2.75) is 0 Å². The maximum absolute atomic E-state index is 12.4. The molecule has 162 valence electrons. The van der Waals surface area contributed by atoms with Crippen LogP contribution in [-0.2, 0) is 9.59 Å². The van der Waals surface area contributed by atoms with Gasteiger partial charge in [-0.1, -0.05) is 63.4 Å². The molecule has 0 radical (unpaired) electrons. The molecule has 0 spiro atoms. The molecule has 0 fully saturated rings. The van der Waals surface area contributed by atoms with E-state index in [2.05, 4.69) is 31.8 Å². The lowest BCUT2D eigenvalue weighted by molar-refractivity contribution is -0.136. The summed E-state index contributed by atoms with van der Waals surface area (Å²) < 4.78 is 6.10. The van der Waals surface area contributed by atoms with Crippen LogP contribution >= 0.6 is 39.1 Å². The number of ether oxygens (including phenoxy) is 1. The lowest BCUT2D eigenvalue weighted by Crippen LogP contribution is -2.32. The van der Waals surface area contributed by atoms with Gasteiger partial charge in [0.15, 0.2) is 0 Å². The van der Waals surface area contributed by atoms with Crippen molar-refractivity contribution >= 4 is 68.8 Å². The van der Waals surface area contributed by atoms with Gasteiger partial charge in [-0.25, -0.2) is 10.2 Å². The van der Waals surface area contributed by atoms with E-state index in [0.29, 0.717) is 15.7 Å². The van der Waals surface area contributed by atoms with Crippen LogP contribution in [0.2, 0.25) is 10.0 Å². The number of anilines is 1. The van der Waals surface area contributed by atoms with Crippen molar-refractivity contribution in [2.24, 2.45) is 5.10 Å².